The number of benzene rings is 1. The van der Waals surface area contributed by atoms with Crippen LogP contribution in [0.1, 0.15) is 18.1 Å². The molecule has 0 aliphatic carbocycles. The van der Waals surface area contributed by atoms with Gasteiger partial charge in [0.2, 0.25) is 0 Å². The smallest absolute Gasteiger partial charge is 0.387 e. The Bertz CT molecular complexity index is 596. The van der Waals surface area contributed by atoms with Crippen molar-refractivity contribution >= 4 is 19.7 Å². The fraction of sp³-hybridized carbons (Fsp3) is 0.300. The molecule has 1 rings (SSSR count). The number of hydrogen-bond acceptors (Lipinski definition) is 4. The molecule has 0 fully saturated rings. The van der Waals surface area contributed by atoms with Gasteiger partial charge in [0.05, 0.1) is 10.5 Å². The van der Waals surface area contributed by atoms with E-state index in [4.69, 9.17) is 15.9 Å². The molecule has 0 saturated heterocycles. The van der Waals surface area contributed by atoms with Crippen LogP contribution in [-0.2, 0) is 15.5 Å². The van der Waals surface area contributed by atoms with E-state index in [1.165, 1.54) is 0 Å². The van der Waals surface area contributed by atoms with Gasteiger partial charge in [-0.3, -0.25) is 0 Å². The van der Waals surface area contributed by atoms with Crippen LogP contribution in [0.2, 0.25) is 0 Å². The molecule has 0 aliphatic rings. The molecule has 1 aromatic rings. The second-order valence-corrected chi connectivity index (χ2v) is 5.77. The van der Waals surface area contributed by atoms with E-state index in [1.807, 2.05) is 0 Å². The highest BCUT2D eigenvalue weighted by Crippen LogP contribution is 2.29. The number of alkyl halides is 2. The van der Waals surface area contributed by atoms with E-state index in [-0.39, 0.29) is 28.2 Å². The number of nitriles is 1. The minimum Gasteiger partial charge on any atom is -0.433 e. The molecule has 1 aromatic carbocycles. The molecule has 0 atom stereocenters. The van der Waals surface area contributed by atoms with E-state index in [0.717, 1.165) is 12.1 Å². The van der Waals surface area contributed by atoms with E-state index in [9.17, 15) is 17.2 Å². The quantitative estimate of drug-likeness (QED) is 0.801. The van der Waals surface area contributed by atoms with Gasteiger partial charge in [0.15, 0.2) is 0 Å². The van der Waals surface area contributed by atoms with Crippen LogP contribution >= 0.6 is 10.7 Å². The summed E-state index contributed by atoms with van der Waals surface area (Å²) in [6.07, 6.45) is 0.243. The van der Waals surface area contributed by atoms with E-state index in [2.05, 4.69) is 4.74 Å². The van der Waals surface area contributed by atoms with Gasteiger partial charge >= 0.3 is 6.61 Å². The molecule has 0 radical (unpaired) electrons. The Kier molecular flexibility index (Phi) is 4.48. The molecular formula is C10H8ClF2NO3S. The van der Waals surface area contributed by atoms with Crippen LogP contribution in [0.25, 0.3) is 0 Å². The predicted octanol–water partition coefficient (Wildman–Crippen LogP) is 2.65. The lowest BCUT2D eigenvalue weighted by atomic mass is 10.1. The van der Waals surface area contributed by atoms with Crippen LogP contribution < -0.4 is 4.74 Å². The van der Waals surface area contributed by atoms with Gasteiger partial charge in [0, 0.05) is 10.7 Å². The minimum atomic E-state index is -4.05. The highest BCUT2D eigenvalue weighted by atomic mass is 35.7. The van der Waals surface area contributed by atoms with Crippen molar-refractivity contribution in [1.29, 1.82) is 5.26 Å². The first-order valence-electron chi connectivity index (χ1n) is 4.76. The largest absolute Gasteiger partial charge is 0.433 e. The highest BCUT2D eigenvalue weighted by Gasteiger charge is 2.20. The third kappa shape index (κ3) is 3.31. The van der Waals surface area contributed by atoms with Gasteiger partial charge in [-0.15, -0.1) is 0 Å². The summed E-state index contributed by atoms with van der Waals surface area (Å²) in [4.78, 5) is -0.273. The second kappa shape index (κ2) is 5.50. The molecule has 0 amide bonds. The molecule has 0 aromatic heterocycles. The lowest BCUT2D eigenvalue weighted by Gasteiger charge is -2.11. The molecule has 0 aliphatic heterocycles. The molecule has 8 heteroatoms. The third-order valence-corrected chi connectivity index (χ3v) is 3.55. The van der Waals surface area contributed by atoms with Gasteiger partial charge in [0.1, 0.15) is 11.8 Å². The average Bonchev–Trinajstić information content (AvgIpc) is 2.26. The van der Waals surface area contributed by atoms with Crippen LogP contribution in [0.3, 0.4) is 0 Å². The van der Waals surface area contributed by atoms with Crippen molar-refractivity contribution in [3.8, 4) is 11.8 Å². The van der Waals surface area contributed by atoms with Gasteiger partial charge in [-0.05, 0) is 24.1 Å². The van der Waals surface area contributed by atoms with Crippen molar-refractivity contribution < 1.29 is 21.9 Å². The number of halogens is 3. The summed E-state index contributed by atoms with van der Waals surface area (Å²) in [5, 5.41) is 8.77. The Balaban J connectivity index is 3.48. The van der Waals surface area contributed by atoms with Crippen molar-refractivity contribution in [2.75, 3.05) is 0 Å². The summed E-state index contributed by atoms with van der Waals surface area (Å²) in [7, 11) is 1.16. The molecule has 0 spiro atoms. The maximum Gasteiger partial charge on any atom is 0.387 e. The Labute approximate surface area is 107 Å². The molecule has 18 heavy (non-hydrogen) atoms. The first kappa shape index (κ1) is 14.7. The molecule has 0 unspecified atom stereocenters. The van der Waals surface area contributed by atoms with Crippen molar-refractivity contribution in [3.63, 3.8) is 0 Å². The topological polar surface area (TPSA) is 67.2 Å². The molecule has 0 heterocycles. The number of rotatable bonds is 4. The van der Waals surface area contributed by atoms with E-state index in [0.29, 0.717) is 0 Å². The first-order chi connectivity index (χ1) is 8.29. The molecular weight excluding hydrogens is 288 g/mol. The molecule has 0 N–H and O–H groups in total. The fourth-order valence-corrected chi connectivity index (χ4v) is 2.59. The van der Waals surface area contributed by atoms with Crippen LogP contribution in [0, 0.1) is 11.3 Å². The first-order valence-corrected chi connectivity index (χ1v) is 7.07. The second-order valence-electron chi connectivity index (χ2n) is 3.24. The Morgan fingerprint density at radius 1 is 1.50 bits per heavy atom. The Morgan fingerprint density at radius 3 is 2.50 bits per heavy atom. The lowest BCUT2D eigenvalue weighted by Crippen LogP contribution is -2.06. The van der Waals surface area contributed by atoms with Gasteiger partial charge in [-0.25, -0.2) is 8.42 Å². The standard InChI is InChI=1S/C10H8ClF2NO3S/c1-2-6-3-8(17-10(12)13)7(5-14)4-9(6)18(11,15)16/h3-4,10H,2H2,1H3. The molecule has 0 saturated carbocycles. The van der Waals surface area contributed by atoms with E-state index < -0.39 is 15.7 Å². The number of ether oxygens (including phenoxy) is 1. The van der Waals surface area contributed by atoms with Gasteiger partial charge in [-0.1, -0.05) is 6.92 Å². The van der Waals surface area contributed by atoms with Crippen LogP contribution in [-0.4, -0.2) is 15.0 Å². The summed E-state index contributed by atoms with van der Waals surface area (Å²) in [6.45, 7) is -1.47. The maximum atomic E-state index is 12.1. The molecule has 0 bridgehead atoms. The summed E-state index contributed by atoms with van der Waals surface area (Å²) in [6, 6.07) is 3.60. The van der Waals surface area contributed by atoms with E-state index >= 15 is 0 Å². The van der Waals surface area contributed by atoms with Crippen LogP contribution in [0.4, 0.5) is 8.78 Å². The van der Waals surface area contributed by atoms with E-state index in [1.54, 1.807) is 13.0 Å². The van der Waals surface area contributed by atoms with Crippen LogP contribution in [0.15, 0.2) is 17.0 Å². The zero-order valence-electron chi connectivity index (χ0n) is 9.15. The van der Waals surface area contributed by atoms with Gasteiger partial charge in [0.25, 0.3) is 9.05 Å². The maximum absolute atomic E-state index is 12.1. The summed E-state index contributed by atoms with van der Waals surface area (Å²) in [5.74, 6) is -0.367. The summed E-state index contributed by atoms with van der Waals surface area (Å²) in [5.41, 5.74) is -0.105. The Hall–Kier alpha value is -1.39. The van der Waals surface area contributed by atoms with Crippen molar-refractivity contribution in [1.82, 2.24) is 0 Å². The third-order valence-electron chi connectivity index (χ3n) is 2.14. The monoisotopic (exact) mass is 295 g/mol. The SMILES string of the molecule is CCc1cc(OC(F)F)c(C#N)cc1S(=O)(=O)Cl. The average molecular weight is 296 g/mol. The molecule has 4 nitrogen and oxygen atoms in total. The number of hydrogen-bond donors (Lipinski definition) is 0. The highest BCUT2D eigenvalue weighted by molar-refractivity contribution is 8.13. The normalized spacial score (nSPS) is 11.3. The van der Waals surface area contributed by atoms with Crippen molar-refractivity contribution in [2.45, 2.75) is 24.9 Å². The summed E-state index contributed by atoms with van der Waals surface area (Å²) < 4.78 is 51.0. The number of nitrogens with zero attached hydrogens (tertiary/aromatic N) is 1. The lowest BCUT2D eigenvalue weighted by molar-refractivity contribution is -0.0501. The van der Waals surface area contributed by atoms with Crippen LogP contribution in [0.5, 0.6) is 5.75 Å². The minimum absolute atomic E-state index is 0.208. The van der Waals surface area contributed by atoms with Gasteiger partial charge in [-0.2, -0.15) is 14.0 Å². The van der Waals surface area contributed by atoms with Crippen molar-refractivity contribution in [3.05, 3.63) is 23.3 Å². The fourth-order valence-electron chi connectivity index (χ4n) is 1.39. The number of aryl methyl sites for hydroxylation is 1. The summed E-state index contributed by atoms with van der Waals surface area (Å²) >= 11 is 0. The zero-order chi connectivity index (χ0) is 13.9. The zero-order valence-corrected chi connectivity index (χ0v) is 10.7. The van der Waals surface area contributed by atoms with Gasteiger partial charge < -0.3 is 4.74 Å². The Morgan fingerprint density at radius 2 is 2.11 bits per heavy atom. The van der Waals surface area contributed by atoms with Crippen molar-refractivity contribution in [2.24, 2.45) is 0 Å². The predicted molar refractivity (Wildman–Crippen MR) is 60.2 cm³/mol. The molecule has 98 valence electrons.